The van der Waals surface area contributed by atoms with Crippen molar-refractivity contribution in [3.63, 3.8) is 0 Å². The van der Waals surface area contributed by atoms with E-state index in [9.17, 15) is 14.4 Å². The van der Waals surface area contributed by atoms with Crippen LogP contribution in [0.25, 0.3) is 0 Å². The van der Waals surface area contributed by atoms with E-state index in [2.05, 4.69) is 118 Å². The van der Waals surface area contributed by atoms with E-state index >= 15 is 0 Å². The van der Waals surface area contributed by atoms with Crippen LogP contribution < -0.4 is 0 Å². The summed E-state index contributed by atoms with van der Waals surface area (Å²) in [4.78, 5) is 37.8. The second-order valence-corrected chi connectivity index (χ2v) is 15.6. The molecule has 0 aromatic rings. The Hall–Kier alpha value is -3.93. The van der Waals surface area contributed by atoms with Crippen LogP contribution in [-0.2, 0) is 28.6 Å². The number of allylic oxidation sites excluding steroid dienone is 17. The molecule has 0 saturated carbocycles. The first-order valence-corrected chi connectivity index (χ1v) is 24.4. The largest absolute Gasteiger partial charge is 0.462 e. The maximum absolute atomic E-state index is 12.8. The van der Waals surface area contributed by atoms with E-state index in [1.54, 1.807) is 6.08 Å². The molecule has 1 unspecified atom stereocenters. The van der Waals surface area contributed by atoms with E-state index < -0.39 is 12.1 Å². The minimum absolute atomic E-state index is 0.118. The number of unbranched alkanes of at least 4 members (excludes halogenated alkanes) is 14. The molecule has 0 radical (unpaired) electrons. The zero-order valence-corrected chi connectivity index (χ0v) is 39.1. The van der Waals surface area contributed by atoms with Gasteiger partial charge in [-0.05, 0) is 103 Å². The molecule has 0 aliphatic carbocycles. The lowest BCUT2D eigenvalue weighted by molar-refractivity contribution is -0.166. The van der Waals surface area contributed by atoms with Crippen LogP contribution in [0.1, 0.15) is 201 Å². The summed E-state index contributed by atoms with van der Waals surface area (Å²) in [5.41, 5.74) is 0. The fourth-order valence-corrected chi connectivity index (χ4v) is 6.11. The standard InChI is InChI=1S/C55H88O6/c1-4-7-10-13-16-19-22-25-27-30-33-36-39-42-45-48-54(57)60-51-52(50-59-53(56)47-44-41-38-35-32-29-24-21-18-15-12-9-6-3)61-55(58)49-46-43-40-37-34-31-28-26-23-20-17-14-11-8-5-2/h7,10,12,15-17,19-21,24-28,33,36,42,45,52H,4-6,8-9,11,13-14,18,22-23,29-32,34-35,37-41,43-44,46-51H2,1-3H3/b10-7-,15-12-,19-16-,20-17-,24-21-,27-25-,28-26-,36-33-,45-42-. The summed E-state index contributed by atoms with van der Waals surface area (Å²) in [6, 6.07) is 0. The van der Waals surface area contributed by atoms with Gasteiger partial charge < -0.3 is 14.2 Å². The highest BCUT2D eigenvalue weighted by molar-refractivity contribution is 5.72. The molecule has 1 atom stereocenters. The summed E-state index contributed by atoms with van der Waals surface area (Å²) in [6.07, 6.45) is 65.2. The number of esters is 3. The molecular weight excluding hydrogens is 757 g/mol. The van der Waals surface area contributed by atoms with Crippen LogP contribution in [-0.4, -0.2) is 37.2 Å². The number of carbonyl (C=O) groups excluding carboxylic acids is 3. The molecule has 0 rings (SSSR count). The summed E-state index contributed by atoms with van der Waals surface area (Å²) in [5.74, 6) is -1.09. The summed E-state index contributed by atoms with van der Waals surface area (Å²) in [6.45, 7) is 6.29. The summed E-state index contributed by atoms with van der Waals surface area (Å²) in [5, 5.41) is 0. The van der Waals surface area contributed by atoms with Gasteiger partial charge >= 0.3 is 17.9 Å². The zero-order chi connectivity index (χ0) is 44.4. The van der Waals surface area contributed by atoms with Gasteiger partial charge in [0.15, 0.2) is 6.10 Å². The van der Waals surface area contributed by atoms with Crippen LogP contribution in [0.4, 0.5) is 0 Å². The normalized spacial score (nSPS) is 13.0. The number of hydrogen-bond donors (Lipinski definition) is 0. The lowest BCUT2D eigenvalue weighted by atomic mass is 10.1. The molecule has 0 aromatic carbocycles. The first kappa shape index (κ1) is 57.1. The van der Waals surface area contributed by atoms with Crippen molar-refractivity contribution in [2.75, 3.05) is 13.2 Å². The van der Waals surface area contributed by atoms with Gasteiger partial charge in [-0.15, -0.1) is 0 Å². The topological polar surface area (TPSA) is 78.9 Å². The van der Waals surface area contributed by atoms with E-state index in [0.29, 0.717) is 6.42 Å². The average Bonchev–Trinajstić information content (AvgIpc) is 3.26. The molecule has 0 aromatic heterocycles. The van der Waals surface area contributed by atoms with Crippen molar-refractivity contribution in [2.24, 2.45) is 0 Å². The average molecular weight is 845 g/mol. The van der Waals surface area contributed by atoms with Crippen LogP contribution in [0.15, 0.2) is 109 Å². The summed E-state index contributed by atoms with van der Waals surface area (Å²) in [7, 11) is 0. The minimum Gasteiger partial charge on any atom is -0.462 e. The molecule has 0 amide bonds. The highest BCUT2D eigenvalue weighted by Crippen LogP contribution is 2.12. The third-order valence-electron chi connectivity index (χ3n) is 9.74. The smallest absolute Gasteiger partial charge is 0.309 e. The van der Waals surface area contributed by atoms with Crippen molar-refractivity contribution in [1.82, 2.24) is 0 Å². The first-order chi connectivity index (χ1) is 30.0. The molecule has 0 heterocycles. The minimum atomic E-state index is -0.832. The molecule has 6 nitrogen and oxygen atoms in total. The highest BCUT2D eigenvalue weighted by Gasteiger charge is 2.19. The fourth-order valence-electron chi connectivity index (χ4n) is 6.11. The maximum atomic E-state index is 12.8. The summed E-state index contributed by atoms with van der Waals surface area (Å²) < 4.78 is 16.6. The van der Waals surface area contributed by atoms with Gasteiger partial charge in [-0.25, -0.2) is 0 Å². The monoisotopic (exact) mass is 845 g/mol. The van der Waals surface area contributed by atoms with Gasteiger partial charge in [0.1, 0.15) is 13.2 Å². The van der Waals surface area contributed by atoms with E-state index in [0.717, 1.165) is 128 Å². The molecule has 0 spiro atoms. The Bertz CT molecular complexity index is 1290. The van der Waals surface area contributed by atoms with Gasteiger partial charge in [0.25, 0.3) is 0 Å². The number of carbonyl (C=O) groups is 3. The van der Waals surface area contributed by atoms with Crippen molar-refractivity contribution < 1.29 is 28.6 Å². The lowest BCUT2D eigenvalue weighted by Crippen LogP contribution is -2.30. The number of ether oxygens (including phenoxy) is 3. The molecule has 6 heteroatoms. The predicted octanol–water partition coefficient (Wildman–Crippen LogP) is 16.0. The Kier molecular flexibility index (Phi) is 45.6. The van der Waals surface area contributed by atoms with Crippen LogP contribution in [0.5, 0.6) is 0 Å². The third-order valence-corrected chi connectivity index (χ3v) is 9.74. The molecule has 0 aliphatic rings. The van der Waals surface area contributed by atoms with Gasteiger partial charge in [0, 0.05) is 12.8 Å². The molecule has 0 aliphatic heterocycles. The first-order valence-electron chi connectivity index (χ1n) is 24.4. The fraction of sp³-hybridized carbons (Fsp3) is 0.618. The molecule has 0 saturated heterocycles. The second-order valence-electron chi connectivity index (χ2n) is 15.6. The predicted molar refractivity (Wildman–Crippen MR) is 260 cm³/mol. The van der Waals surface area contributed by atoms with Gasteiger partial charge in [-0.3, -0.25) is 14.4 Å². The molecule has 0 N–H and O–H groups in total. The van der Waals surface area contributed by atoms with Crippen LogP contribution in [0.2, 0.25) is 0 Å². The van der Waals surface area contributed by atoms with Crippen molar-refractivity contribution in [3.05, 3.63) is 109 Å². The van der Waals surface area contributed by atoms with Crippen LogP contribution in [0, 0.1) is 0 Å². The highest BCUT2D eigenvalue weighted by atomic mass is 16.6. The molecule has 0 bridgehead atoms. The third kappa shape index (κ3) is 47.0. The molecule has 0 fully saturated rings. The van der Waals surface area contributed by atoms with Gasteiger partial charge in [-0.2, -0.15) is 0 Å². The zero-order valence-electron chi connectivity index (χ0n) is 39.1. The van der Waals surface area contributed by atoms with Gasteiger partial charge in [0.05, 0.1) is 6.42 Å². The molecule has 344 valence electrons. The van der Waals surface area contributed by atoms with E-state index in [4.69, 9.17) is 14.2 Å². The van der Waals surface area contributed by atoms with Crippen LogP contribution in [0.3, 0.4) is 0 Å². The Morgan fingerprint density at radius 3 is 1.21 bits per heavy atom. The van der Waals surface area contributed by atoms with E-state index in [1.165, 1.54) is 32.1 Å². The summed E-state index contributed by atoms with van der Waals surface area (Å²) >= 11 is 0. The lowest BCUT2D eigenvalue weighted by Gasteiger charge is -2.18. The van der Waals surface area contributed by atoms with Crippen molar-refractivity contribution >= 4 is 17.9 Å². The molecular formula is C55H88O6. The van der Waals surface area contributed by atoms with E-state index in [1.807, 2.05) is 6.08 Å². The maximum Gasteiger partial charge on any atom is 0.309 e. The SMILES string of the molecule is CC/C=C\C/C=C\C/C=C\C/C=C\C/C=C\CC(=O)OCC(COC(=O)CCCCCCC/C=C\C/C=C\CCC)OC(=O)CCCCCCC/C=C\C/C=C\CCCCC. The van der Waals surface area contributed by atoms with Crippen molar-refractivity contribution in [2.45, 2.75) is 207 Å². The second kappa shape index (κ2) is 48.7. The Balaban J connectivity index is 4.58. The Labute approximate surface area is 374 Å². The van der Waals surface area contributed by atoms with Gasteiger partial charge in [0.2, 0.25) is 0 Å². The van der Waals surface area contributed by atoms with Gasteiger partial charge in [-0.1, -0.05) is 188 Å². The van der Waals surface area contributed by atoms with E-state index in [-0.39, 0.29) is 38.0 Å². The number of hydrogen-bond acceptors (Lipinski definition) is 6. The number of rotatable bonds is 42. The van der Waals surface area contributed by atoms with Crippen molar-refractivity contribution in [3.8, 4) is 0 Å². The quantitative estimate of drug-likeness (QED) is 0.0264. The van der Waals surface area contributed by atoms with Crippen LogP contribution >= 0.6 is 0 Å². The Morgan fingerprint density at radius 2 is 0.738 bits per heavy atom. The van der Waals surface area contributed by atoms with Crippen molar-refractivity contribution in [1.29, 1.82) is 0 Å². The molecule has 61 heavy (non-hydrogen) atoms. The Morgan fingerprint density at radius 1 is 0.361 bits per heavy atom.